The molecule has 1 nitrogen and oxygen atoms in total. The number of rotatable bonds is 4. The van der Waals surface area contributed by atoms with Crippen LogP contribution in [0.2, 0.25) is 0 Å². The zero-order chi connectivity index (χ0) is 27.5. The normalized spacial score (nSPS) is 12.0. The lowest BCUT2D eigenvalue weighted by molar-refractivity contribution is 1.43. The van der Waals surface area contributed by atoms with Gasteiger partial charge in [-0.25, -0.2) is 4.98 Å². The Morgan fingerprint density at radius 1 is 0.659 bits per heavy atom. The summed E-state index contributed by atoms with van der Waals surface area (Å²) in [6, 6.07) is 37.3. The summed E-state index contributed by atoms with van der Waals surface area (Å²) in [4.78, 5) is 6.48. The fourth-order valence-electron chi connectivity index (χ4n) is 6.15. The van der Waals surface area contributed by atoms with Gasteiger partial charge in [0.25, 0.3) is 0 Å². The van der Waals surface area contributed by atoms with Crippen molar-refractivity contribution in [2.75, 3.05) is 0 Å². The number of aromatic nitrogens is 1. The van der Waals surface area contributed by atoms with Crippen molar-refractivity contribution in [2.24, 2.45) is 0 Å². The summed E-state index contributed by atoms with van der Waals surface area (Å²) in [6.07, 6.45) is 6.30. The molecule has 0 amide bonds. The fourth-order valence-corrected chi connectivity index (χ4v) is 8.42. The Bertz CT molecular complexity index is 2330. The summed E-state index contributed by atoms with van der Waals surface area (Å²) in [7, 11) is 0. The van der Waals surface area contributed by atoms with Gasteiger partial charge in [-0.2, -0.15) is 0 Å². The molecule has 0 saturated heterocycles. The lowest BCUT2D eigenvalue weighted by atomic mass is 9.91. The van der Waals surface area contributed by atoms with E-state index in [0.717, 1.165) is 16.8 Å². The highest BCUT2D eigenvalue weighted by molar-refractivity contribution is 7.26. The van der Waals surface area contributed by atoms with Crippen LogP contribution in [0, 0.1) is 0 Å². The summed E-state index contributed by atoms with van der Waals surface area (Å²) in [6.45, 7) is 6.16. The predicted octanol–water partition coefficient (Wildman–Crippen LogP) is 12.0. The van der Waals surface area contributed by atoms with Crippen LogP contribution in [0.1, 0.15) is 17.4 Å². The molecule has 0 N–H and O–H groups in total. The Labute approximate surface area is 246 Å². The van der Waals surface area contributed by atoms with Gasteiger partial charge in [0.05, 0.1) is 11.2 Å². The van der Waals surface area contributed by atoms with Crippen LogP contribution in [-0.4, -0.2) is 4.98 Å². The van der Waals surface area contributed by atoms with Gasteiger partial charge in [-0.3, -0.25) is 0 Å². The van der Waals surface area contributed by atoms with Gasteiger partial charge in [-0.15, -0.1) is 22.7 Å². The fraction of sp³-hybridized carbons (Fsp3) is 0.0263. The summed E-state index contributed by atoms with van der Waals surface area (Å²) >= 11 is 3.69. The van der Waals surface area contributed by atoms with Gasteiger partial charge in [0.1, 0.15) is 0 Å². The maximum absolute atomic E-state index is 5.27. The largest absolute Gasteiger partial charge is 0.247 e. The van der Waals surface area contributed by atoms with Crippen LogP contribution in [0.4, 0.5) is 0 Å². The number of hydrogen-bond donors (Lipinski definition) is 0. The van der Waals surface area contributed by atoms with Gasteiger partial charge in [0.2, 0.25) is 0 Å². The zero-order valence-electron chi connectivity index (χ0n) is 22.5. The topological polar surface area (TPSA) is 12.9 Å². The van der Waals surface area contributed by atoms with Crippen LogP contribution < -0.4 is 0 Å². The Kier molecular flexibility index (Phi) is 5.63. The molecule has 3 aromatic heterocycles. The number of allylic oxidation sites excluding steroid dienone is 1. The molecule has 3 heterocycles. The third-order valence-corrected chi connectivity index (χ3v) is 10.3. The number of thiophene rings is 2. The quantitative estimate of drug-likeness (QED) is 0.195. The molecule has 3 heteroatoms. The molecular formula is C38H25NS2. The average Bonchev–Trinajstić information content (AvgIpc) is 3.59. The number of benzene rings is 5. The van der Waals surface area contributed by atoms with E-state index in [1.165, 1.54) is 68.0 Å². The Hall–Kier alpha value is -4.57. The van der Waals surface area contributed by atoms with Crippen molar-refractivity contribution in [1.29, 1.82) is 0 Å². The van der Waals surface area contributed by atoms with Crippen LogP contribution in [-0.2, 0) is 0 Å². The maximum Gasteiger partial charge on any atom is 0.0788 e. The van der Waals surface area contributed by atoms with E-state index < -0.39 is 0 Å². The predicted molar refractivity (Wildman–Crippen MR) is 183 cm³/mol. The van der Waals surface area contributed by atoms with Crippen LogP contribution >= 0.6 is 22.7 Å². The second kappa shape index (κ2) is 9.52. The van der Waals surface area contributed by atoms with E-state index in [4.69, 9.17) is 4.98 Å². The van der Waals surface area contributed by atoms with Gasteiger partial charge >= 0.3 is 0 Å². The molecule has 41 heavy (non-hydrogen) atoms. The van der Waals surface area contributed by atoms with E-state index in [-0.39, 0.29) is 0 Å². The molecule has 0 atom stereocenters. The van der Waals surface area contributed by atoms with Crippen molar-refractivity contribution >= 4 is 86.8 Å². The van der Waals surface area contributed by atoms with Crippen LogP contribution in [0.3, 0.4) is 0 Å². The highest BCUT2D eigenvalue weighted by Crippen LogP contribution is 2.48. The molecule has 8 rings (SSSR count). The van der Waals surface area contributed by atoms with Crippen LogP contribution in [0.25, 0.3) is 86.5 Å². The first-order valence-corrected chi connectivity index (χ1v) is 15.4. The van der Waals surface area contributed by atoms with E-state index in [0.29, 0.717) is 0 Å². The van der Waals surface area contributed by atoms with Crippen molar-refractivity contribution in [2.45, 2.75) is 6.92 Å². The minimum atomic E-state index is 1.02. The van der Waals surface area contributed by atoms with Crippen molar-refractivity contribution in [3.8, 4) is 22.4 Å². The molecule has 5 aromatic carbocycles. The first-order chi connectivity index (χ1) is 20.2. The molecular weight excluding hydrogens is 535 g/mol. The molecule has 0 aliphatic rings. The second-order valence-electron chi connectivity index (χ2n) is 10.3. The molecule has 0 spiro atoms. The average molecular weight is 560 g/mol. The summed E-state index contributed by atoms with van der Waals surface area (Å²) in [5, 5.41) is 7.56. The summed E-state index contributed by atoms with van der Waals surface area (Å²) in [5.41, 5.74) is 6.90. The van der Waals surface area contributed by atoms with E-state index in [2.05, 4.69) is 129 Å². The van der Waals surface area contributed by atoms with Crippen molar-refractivity contribution in [1.82, 2.24) is 4.98 Å². The van der Waals surface area contributed by atoms with Gasteiger partial charge in [-0.05, 0) is 48.4 Å². The smallest absolute Gasteiger partial charge is 0.0788 e. The van der Waals surface area contributed by atoms with Gasteiger partial charge in [0, 0.05) is 62.4 Å². The summed E-state index contributed by atoms with van der Waals surface area (Å²) < 4.78 is 3.90. The zero-order valence-corrected chi connectivity index (χ0v) is 24.2. The highest BCUT2D eigenvalue weighted by atomic mass is 32.1. The number of fused-ring (bicyclic) bond motifs is 8. The molecule has 0 aliphatic carbocycles. The van der Waals surface area contributed by atoms with Crippen molar-refractivity contribution in [3.63, 3.8) is 0 Å². The van der Waals surface area contributed by atoms with E-state index in [9.17, 15) is 0 Å². The van der Waals surface area contributed by atoms with E-state index >= 15 is 0 Å². The Morgan fingerprint density at radius 2 is 1.41 bits per heavy atom. The van der Waals surface area contributed by atoms with Crippen molar-refractivity contribution in [3.05, 3.63) is 126 Å². The van der Waals surface area contributed by atoms with E-state index in [1.54, 1.807) is 11.3 Å². The molecule has 0 bridgehead atoms. The lowest BCUT2D eigenvalue weighted by Crippen LogP contribution is -1.92. The minimum absolute atomic E-state index is 1.02. The second-order valence-corrected chi connectivity index (χ2v) is 12.4. The minimum Gasteiger partial charge on any atom is -0.247 e. The van der Waals surface area contributed by atoms with Gasteiger partial charge < -0.3 is 0 Å². The Balaban J connectivity index is 1.58. The van der Waals surface area contributed by atoms with Crippen LogP contribution in [0.15, 0.2) is 116 Å². The maximum atomic E-state index is 5.27. The highest BCUT2D eigenvalue weighted by Gasteiger charge is 2.20. The third kappa shape index (κ3) is 3.70. The van der Waals surface area contributed by atoms with Crippen LogP contribution in [0.5, 0.6) is 0 Å². The van der Waals surface area contributed by atoms with Gasteiger partial charge in [-0.1, -0.05) is 97.6 Å². The molecule has 8 aromatic rings. The molecule has 0 radical (unpaired) electrons. The van der Waals surface area contributed by atoms with Gasteiger partial charge in [0.15, 0.2) is 0 Å². The van der Waals surface area contributed by atoms with E-state index in [1.807, 2.05) is 17.4 Å². The first-order valence-electron chi connectivity index (χ1n) is 13.8. The monoisotopic (exact) mass is 559 g/mol. The SMILES string of the molecule is C=Cc1sc2ccc(-c3cc4c(-c5ccccc5)nc5ccccc5c4c4c3sc3ccccc34)cc2c1/C=C\C. The number of para-hydroxylation sites is 1. The molecule has 0 saturated carbocycles. The molecule has 194 valence electrons. The third-order valence-electron chi connectivity index (χ3n) is 7.94. The molecule has 0 unspecified atom stereocenters. The lowest BCUT2D eigenvalue weighted by Gasteiger charge is -2.15. The Morgan fingerprint density at radius 3 is 2.24 bits per heavy atom. The number of nitrogens with zero attached hydrogens (tertiary/aromatic N) is 1. The standard InChI is InChI=1S/C38H25NS2/c1-3-12-25-29-21-24(19-20-34(29)40-32(25)4-2)28-22-30-35(36-27-16-9-11-18-33(27)41-38(28)36)26-15-8-10-17-31(26)39-37(30)23-13-6-5-7-14-23/h3-22H,2H2,1H3/b12-3-. The number of hydrogen-bond acceptors (Lipinski definition) is 3. The van der Waals surface area contributed by atoms with Crippen molar-refractivity contribution < 1.29 is 0 Å². The first kappa shape index (κ1) is 24.2. The number of pyridine rings is 1. The molecule has 0 fully saturated rings. The molecule has 0 aliphatic heterocycles. The summed E-state index contributed by atoms with van der Waals surface area (Å²) in [5.74, 6) is 0.